The maximum Gasteiger partial charge on any atom is 0.266 e. The van der Waals surface area contributed by atoms with Gasteiger partial charge in [0.1, 0.15) is 5.75 Å². The zero-order valence-electron chi connectivity index (χ0n) is 11.1. The Morgan fingerprint density at radius 2 is 2.21 bits per heavy atom. The number of hydrogen-bond donors (Lipinski definition) is 1. The topological polar surface area (TPSA) is 51.2 Å². The molecule has 0 fully saturated rings. The highest BCUT2D eigenvalue weighted by Crippen LogP contribution is 2.21. The summed E-state index contributed by atoms with van der Waals surface area (Å²) in [4.78, 5) is 15.9. The van der Waals surface area contributed by atoms with Gasteiger partial charge in [-0.05, 0) is 38.0 Å². The lowest BCUT2D eigenvalue weighted by Gasteiger charge is -2.15. The van der Waals surface area contributed by atoms with Gasteiger partial charge < -0.3 is 4.74 Å². The molecule has 0 aliphatic heterocycles. The van der Waals surface area contributed by atoms with Crippen LogP contribution in [0.5, 0.6) is 5.75 Å². The molecule has 0 unspecified atom stereocenters. The Labute approximate surface area is 116 Å². The molecule has 0 aliphatic rings. The van der Waals surface area contributed by atoms with E-state index in [0.29, 0.717) is 5.13 Å². The fourth-order valence-electron chi connectivity index (χ4n) is 1.57. The number of hydrogen-bond acceptors (Lipinski definition) is 4. The van der Waals surface area contributed by atoms with Crippen molar-refractivity contribution in [2.24, 2.45) is 0 Å². The molecule has 2 aromatic rings. The largest absolute Gasteiger partial charge is 0.481 e. The minimum Gasteiger partial charge on any atom is -0.481 e. The van der Waals surface area contributed by atoms with E-state index in [0.717, 1.165) is 16.9 Å². The van der Waals surface area contributed by atoms with E-state index < -0.39 is 6.10 Å². The van der Waals surface area contributed by atoms with Gasteiger partial charge in [0.15, 0.2) is 11.2 Å². The van der Waals surface area contributed by atoms with Crippen molar-refractivity contribution in [3.8, 4) is 5.75 Å². The summed E-state index contributed by atoms with van der Waals surface area (Å²) in [6.45, 7) is 5.68. The van der Waals surface area contributed by atoms with Crippen LogP contribution in [0.3, 0.4) is 0 Å². The van der Waals surface area contributed by atoms with Gasteiger partial charge in [-0.3, -0.25) is 10.1 Å². The van der Waals surface area contributed by atoms with Crippen molar-refractivity contribution in [2.45, 2.75) is 26.9 Å². The lowest BCUT2D eigenvalue weighted by atomic mass is 10.1. The van der Waals surface area contributed by atoms with Crippen molar-refractivity contribution < 1.29 is 9.53 Å². The van der Waals surface area contributed by atoms with Crippen LogP contribution in [0.2, 0.25) is 0 Å². The van der Waals surface area contributed by atoms with Gasteiger partial charge in [0.25, 0.3) is 5.91 Å². The fourth-order valence-corrected chi connectivity index (χ4v) is 2.10. The molecular formula is C14H16N2O2S. The summed E-state index contributed by atoms with van der Waals surface area (Å²) in [6.07, 6.45) is 1.08. The van der Waals surface area contributed by atoms with E-state index in [1.807, 2.05) is 37.4 Å². The van der Waals surface area contributed by atoms with E-state index in [-0.39, 0.29) is 5.91 Å². The molecule has 0 aliphatic carbocycles. The number of benzene rings is 1. The molecule has 19 heavy (non-hydrogen) atoms. The molecule has 1 heterocycles. The molecule has 5 heteroatoms. The van der Waals surface area contributed by atoms with Crippen molar-refractivity contribution in [2.75, 3.05) is 5.32 Å². The smallest absolute Gasteiger partial charge is 0.266 e. The van der Waals surface area contributed by atoms with E-state index in [9.17, 15) is 4.79 Å². The second-order valence-corrected chi connectivity index (χ2v) is 5.25. The Balaban J connectivity index is 2.02. The molecule has 1 amide bonds. The third-order valence-corrected chi connectivity index (χ3v) is 3.37. The number of ether oxygens (including phenoxy) is 1. The van der Waals surface area contributed by atoms with Crippen molar-refractivity contribution in [3.05, 3.63) is 40.9 Å². The quantitative estimate of drug-likeness (QED) is 0.933. The first-order valence-electron chi connectivity index (χ1n) is 6.00. The summed E-state index contributed by atoms with van der Waals surface area (Å²) >= 11 is 1.38. The standard InChI is InChI=1S/C14H16N2O2S/c1-9-4-5-10(2)12(8-9)18-11(3)13(17)16-14-15-6-7-19-14/h4-8,11H,1-3H3,(H,15,16,17)/t11-/m0/s1. The number of rotatable bonds is 4. The van der Waals surface area contributed by atoms with Crippen molar-refractivity contribution in [1.29, 1.82) is 0 Å². The lowest BCUT2D eigenvalue weighted by Crippen LogP contribution is -2.30. The van der Waals surface area contributed by atoms with E-state index in [1.165, 1.54) is 11.3 Å². The summed E-state index contributed by atoms with van der Waals surface area (Å²) in [7, 11) is 0. The molecule has 0 radical (unpaired) electrons. The van der Waals surface area contributed by atoms with Crippen LogP contribution in [0.4, 0.5) is 5.13 Å². The molecule has 1 N–H and O–H groups in total. The van der Waals surface area contributed by atoms with Crippen LogP contribution in [0, 0.1) is 13.8 Å². The van der Waals surface area contributed by atoms with Crippen LogP contribution in [-0.4, -0.2) is 17.0 Å². The van der Waals surface area contributed by atoms with E-state index in [1.54, 1.807) is 13.1 Å². The normalized spacial score (nSPS) is 11.9. The molecule has 0 bridgehead atoms. The molecule has 0 saturated heterocycles. The predicted octanol–water partition coefficient (Wildman–Crippen LogP) is 3.17. The van der Waals surface area contributed by atoms with Gasteiger partial charge in [-0.1, -0.05) is 12.1 Å². The van der Waals surface area contributed by atoms with Crippen LogP contribution in [0.25, 0.3) is 0 Å². The second kappa shape index (κ2) is 5.84. The van der Waals surface area contributed by atoms with Gasteiger partial charge in [0.05, 0.1) is 0 Å². The third-order valence-electron chi connectivity index (χ3n) is 2.68. The highest BCUT2D eigenvalue weighted by molar-refractivity contribution is 7.13. The summed E-state index contributed by atoms with van der Waals surface area (Å²) in [6, 6.07) is 5.93. The summed E-state index contributed by atoms with van der Waals surface area (Å²) < 4.78 is 5.70. The molecule has 1 aromatic carbocycles. The van der Waals surface area contributed by atoms with E-state index in [2.05, 4.69) is 10.3 Å². The first-order valence-corrected chi connectivity index (χ1v) is 6.88. The number of carbonyl (C=O) groups excluding carboxylic acids is 1. The van der Waals surface area contributed by atoms with E-state index >= 15 is 0 Å². The van der Waals surface area contributed by atoms with Gasteiger partial charge in [0.2, 0.25) is 0 Å². The van der Waals surface area contributed by atoms with Gasteiger partial charge in [-0.2, -0.15) is 0 Å². The minimum atomic E-state index is -0.565. The highest BCUT2D eigenvalue weighted by atomic mass is 32.1. The second-order valence-electron chi connectivity index (χ2n) is 4.36. The van der Waals surface area contributed by atoms with Crippen LogP contribution in [0.1, 0.15) is 18.1 Å². The molecule has 4 nitrogen and oxygen atoms in total. The van der Waals surface area contributed by atoms with Crippen molar-refractivity contribution in [3.63, 3.8) is 0 Å². The Morgan fingerprint density at radius 3 is 2.89 bits per heavy atom. The number of carbonyl (C=O) groups is 1. The number of anilines is 1. The number of aromatic nitrogens is 1. The molecule has 0 saturated carbocycles. The summed E-state index contributed by atoms with van der Waals surface area (Å²) in [5, 5.41) is 5.12. The number of thiazole rings is 1. The van der Waals surface area contributed by atoms with Crippen LogP contribution < -0.4 is 10.1 Å². The first-order chi connectivity index (χ1) is 9.06. The van der Waals surface area contributed by atoms with Crippen LogP contribution in [0.15, 0.2) is 29.8 Å². The molecule has 1 atom stereocenters. The number of nitrogens with one attached hydrogen (secondary N) is 1. The average Bonchev–Trinajstić information content (AvgIpc) is 2.86. The number of amides is 1. The maximum absolute atomic E-state index is 11.9. The maximum atomic E-state index is 11.9. The van der Waals surface area contributed by atoms with Crippen LogP contribution >= 0.6 is 11.3 Å². The zero-order chi connectivity index (χ0) is 13.8. The summed E-state index contributed by atoms with van der Waals surface area (Å²) in [5.74, 6) is 0.539. The SMILES string of the molecule is Cc1ccc(C)c(O[C@@H](C)C(=O)Nc2nccs2)c1. The molecule has 100 valence electrons. The minimum absolute atomic E-state index is 0.198. The average molecular weight is 276 g/mol. The molecule has 0 spiro atoms. The monoisotopic (exact) mass is 276 g/mol. The first kappa shape index (κ1) is 13.5. The molecular weight excluding hydrogens is 260 g/mol. The van der Waals surface area contributed by atoms with Crippen LogP contribution in [-0.2, 0) is 4.79 Å². The fraction of sp³-hybridized carbons (Fsp3) is 0.286. The number of aryl methyl sites for hydroxylation is 2. The molecule has 1 aromatic heterocycles. The van der Waals surface area contributed by atoms with Gasteiger partial charge in [0, 0.05) is 11.6 Å². The summed E-state index contributed by atoms with van der Waals surface area (Å²) in [5.41, 5.74) is 2.12. The highest BCUT2D eigenvalue weighted by Gasteiger charge is 2.16. The zero-order valence-corrected chi connectivity index (χ0v) is 12.0. The Hall–Kier alpha value is -1.88. The Kier molecular flexibility index (Phi) is 4.16. The van der Waals surface area contributed by atoms with Gasteiger partial charge in [-0.25, -0.2) is 4.98 Å². The third kappa shape index (κ3) is 3.54. The van der Waals surface area contributed by atoms with Crippen molar-refractivity contribution >= 4 is 22.4 Å². The lowest BCUT2D eigenvalue weighted by molar-refractivity contribution is -0.122. The Bertz CT molecular complexity index is 567. The number of nitrogens with zero attached hydrogens (tertiary/aromatic N) is 1. The Morgan fingerprint density at radius 1 is 1.42 bits per heavy atom. The molecule has 2 rings (SSSR count). The van der Waals surface area contributed by atoms with E-state index in [4.69, 9.17) is 4.74 Å². The van der Waals surface area contributed by atoms with Gasteiger partial charge >= 0.3 is 0 Å². The predicted molar refractivity (Wildman–Crippen MR) is 76.7 cm³/mol. The van der Waals surface area contributed by atoms with Crippen molar-refractivity contribution in [1.82, 2.24) is 4.98 Å². The van der Waals surface area contributed by atoms with Gasteiger partial charge in [-0.15, -0.1) is 11.3 Å².